The highest BCUT2D eigenvalue weighted by atomic mass is 16.5. The van der Waals surface area contributed by atoms with Gasteiger partial charge in [0.15, 0.2) is 0 Å². The van der Waals surface area contributed by atoms with E-state index in [9.17, 15) is 0 Å². The van der Waals surface area contributed by atoms with Gasteiger partial charge in [-0.3, -0.25) is 9.58 Å². The minimum absolute atomic E-state index is 0.0699. The molecule has 1 aromatic carbocycles. The molecule has 9 nitrogen and oxygen atoms in total. The number of aromatic nitrogens is 5. The van der Waals surface area contributed by atoms with E-state index in [1.807, 2.05) is 61.3 Å². The standard InChI is InChI=1S/C22H24N6O3/c1-15-10-23-28(11-15)13-18-12-27(8-9-29-18)14-19-24-25-22(30-19)20-16(2)31-26-21(20)17-6-4-3-5-7-17/h3-7,10-11,18H,8-9,12-14H2,1-2H3. The Hall–Kier alpha value is -3.30. The zero-order valence-corrected chi connectivity index (χ0v) is 17.6. The normalized spacial score (nSPS) is 17.3. The molecule has 1 aliphatic heterocycles. The van der Waals surface area contributed by atoms with Crippen molar-refractivity contribution in [1.82, 2.24) is 30.0 Å². The second-order valence-electron chi connectivity index (χ2n) is 7.80. The SMILES string of the molecule is Cc1cnn(CC2CN(Cc3nnc(-c4c(-c5ccccc5)noc4C)o3)CCO2)c1. The smallest absolute Gasteiger partial charge is 0.253 e. The summed E-state index contributed by atoms with van der Waals surface area (Å²) in [5, 5.41) is 17.1. The number of morpholine rings is 1. The number of hydrogen-bond acceptors (Lipinski definition) is 8. The van der Waals surface area contributed by atoms with E-state index in [-0.39, 0.29) is 6.10 Å². The van der Waals surface area contributed by atoms with E-state index in [4.69, 9.17) is 13.7 Å². The van der Waals surface area contributed by atoms with E-state index < -0.39 is 0 Å². The lowest BCUT2D eigenvalue weighted by atomic mass is 10.1. The van der Waals surface area contributed by atoms with Crippen molar-refractivity contribution >= 4 is 0 Å². The molecule has 9 heteroatoms. The van der Waals surface area contributed by atoms with Gasteiger partial charge in [-0.15, -0.1) is 10.2 Å². The largest absolute Gasteiger partial charge is 0.419 e. The van der Waals surface area contributed by atoms with E-state index in [2.05, 4.69) is 25.4 Å². The Kier molecular flexibility index (Phi) is 5.35. The van der Waals surface area contributed by atoms with E-state index in [0.29, 0.717) is 36.4 Å². The summed E-state index contributed by atoms with van der Waals surface area (Å²) in [6, 6.07) is 9.84. The summed E-state index contributed by atoms with van der Waals surface area (Å²) in [5.74, 6) is 1.63. The second-order valence-corrected chi connectivity index (χ2v) is 7.80. The van der Waals surface area contributed by atoms with Crippen LogP contribution in [0.25, 0.3) is 22.7 Å². The maximum Gasteiger partial charge on any atom is 0.253 e. The van der Waals surface area contributed by atoms with Gasteiger partial charge >= 0.3 is 0 Å². The predicted octanol–water partition coefficient (Wildman–Crippen LogP) is 3.11. The molecule has 5 rings (SSSR count). The Labute approximate surface area is 179 Å². The highest BCUT2D eigenvalue weighted by Crippen LogP contribution is 2.33. The monoisotopic (exact) mass is 420 g/mol. The third-order valence-electron chi connectivity index (χ3n) is 5.33. The van der Waals surface area contributed by atoms with Gasteiger partial charge in [-0.1, -0.05) is 35.5 Å². The number of aryl methyl sites for hydroxylation is 2. The lowest BCUT2D eigenvalue weighted by Crippen LogP contribution is -2.43. The first-order valence-electron chi connectivity index (χ1n) is 10.3. The predicted molar refractivity (Wildman–Crippen MR) is 112 cm³/mol. The molecule has 0 aliphatic carbocycles. The molecule has 0 N–H and O–H groups in total. The number of hydrogen-bond donors (Lipinski definition) is 0. The Balaban J connectivity index is 1.29. The summed E-state index contributed by atoms with van der Waals surface area (Å²) in [5.41, 5.74) is 3.53. The Bertz CT molecular complexity index is 1150. The summed E-state index contributed by atoms with van der Waals surface area (Å²) >= 11 is 0. The average molecular weight is 420 g/mol. The van der Waals surface area contributed by atoms with Crippen molar-refractivity contribution in [1.29, 1.82) is 0 Å². The first-order valence-corrected chi connectivity index (χ1v) is 10.3. The van der Waals surface area contributed by atoms with Gasteiger partial charge in [-0.2, -0.15) is 5.10 Å². The van der Waals surface area contributed by atoms with Crippen LogP contribution in [-0.2, 0) is 17.8 Å². The molecule has 1 unspecified atom stereocenters. The lowest BCUT2D eigenvalue weighted by Gasteiger charge is -2.31. The third kappa shape index (κ3) is 4.28. The van der Waals surface area contributed by atoms with E-state index in [0.717, 1.165) is 36.3 Å². The molecule has 1 saturated heterocycles. The highest BCUT2D eigenvalue weighted by molar-refractivity contribution is 5.77. The fourth-order valence-corrected chi connectivity index (χ4v) is 3.84. The summed E-state index contributed by atoms with van der Waals surface area (Å²) in [4.78, 5) is 2.26. The summed E-state index contributed by atoms with van der Waals surface area (Å²) < 4.78 is 19.3. The minimum Gasteiger partial charge on any atom is -0.419 e. The number of rotatable bonds is 6. The molecule has 0 radical (unpaired) electrons. The van der Waals surface area contributed by atoms with Gasteiger partial charge in [0, 0.05) is 24.8 Å². The maximum absolute atomic E-state index is 6.01. The molecule has 1 fully saturated rings. The molecule has 0 amide bonds. The highest BCUT2D eigenvalue weighted by Gasteiger charge is 2.25. The van der Waals surface area contributed by atoms with E-state index >= 15 is 0 Å². The van der Waals surface area contributed by atoms with Crippen molar-refractivity contribution in [3.05, 3.63) is 59.9 Å². The fraction of sp³-hybridized carbons (Fsp3) is 0.364. The van der Waals surface area contributed by atoms with Crippen LogP contribution in [0, 0.1) is 13.8 Å². The molecular formula is C22H24N6O3. The zero-order chi connectivity index (χ0) is 21.2. The third-order valence-corrected chi connectivity index (χ3v) is 5.33. The van der Waals surface area contributed by atoms with Crippen LogP contribution in [0.4, 0.5) is 0 Å². The van der Waals surface area contributed by atoms with Gasteiger partial charge in [-0.05, 0) is 19.4 Å². The minimum atomic E-state index is 0.0699. The molecule has 31 heavy (non-hydrogen) atoms. The number of ether oxygens (including phenoxy) is 1. The summed E-state index contributed by atoms with van der Waals surface area (Å²) in [6.07, 6.45) is 3.95. The molecule has 0 spiro atoms. The van der Waals surface area contributed by atoms with Gasteiger partial charge in [0.25, 0.3) is 5.89 Å². The number of nitrogens with zero attached hydrogens (tertiary/aromatic N) is 6. The van der Waals surface area contributed by atoms with Crippen LogP contribution in [0.5, 0.6) is 0 Å². The molecule has 160 valence electrons. The Morgan fingerprint density at radius 3 is 2.81 bits per heavy atom. The first kappa shape index (κ1) is 19.7. The van der Waals surface area contributed by atoms with Crippen LogP contribution in [0.1, 0.15) is 17.2 Å². The molecule has 1 atom stereocenters. The quantitative estimate of drug-likeness (QED) is 0.470. The van der Waals surface area contributed by atoms with Crippen molar-refractivity contribution in [2.24, 2.45) is 0 Å². The second kappa shape index (κ2) is 8.44. The van der Waals surface area contributed by atoms with Crippen molar-refractivity contribution < 1.29 is 13.7 Å². The van der Waals surface area contributed by atoms with Crippen LogP contribution in [0.15, 0.2) is 51.7 Å². The van der Waals surface area contributed by atoms with Gasteiger partial charge in [0.1, 0.15) is 17.0 Å². The molecular weight excluding hydrogens is 396 g/mol. The molecule has 0 bridgehead atoms. The van der Waals surface area contributed by atoms with Crippen LogP contribution in [0.2, 0.25) is 0 Å². The summed E-state index contributed by atoms with van der Waals surface area (Å²) in [6.45, 7) is 7.42. The van der Waals surface area contributed by atoms with E-state index in [1.165, 1.54) is 0 Å². The first-order chi connectivity index (χ1) is 15.2. The maximum atomic E-state index is 6.01. The van der Waals surface area contributed by atoms with E-state index in [1.54, 1.807) is 0 Å². The van der Waals surface area contributed by atoms with Gasteiger partial charge in [0.05, 0.1) is 32.0 Å². The van der Waals surface area contributed by atoms with Gasteiger partial charge in [0.2, 0.25) is 5.89 Å². The van der Waals surface area contributed by atoms with Crippen LogP contribution in [0.3, 0.4) is 0 Å². The molecule has 0 saturated carbocycles. The zero-order valence-electron chi connectivity index (χ0n) is 17.6. The molecule has 1 aliphatic rings. The molecule has 3 aromatic heterocycles. The lowest BCUT2D eigenvalue weighted by molar-refractivity contribution is -0.0422. The van der Waals surface area contributed by atoms with Crippen molar-refractivity contribution in [3.63, 3.8) is 0 Å². The molecule has 4 heterocycles. The van der Waals surface area contributed by atoms with Crippen molar-refractivity contribution in [2.45, 2.75) is 33.0 Å². The molecule has 4 aromatic rings. The van der Waals surface area contributed by atoms with Crippen LogP contribution < -0.4 is 0 Å². The van der Waals surface area contributed by atoms with Crippen molar-refractivity contribution in [3.8, 4) is 22.7 Å². The average Bonchev–Trinajstić information content (AvgIpc) is 3.49. The van der Waals surface area contributed by atoms with Crippen LogP contribution in [-0.4, -0.2) is 55.8 Å². The Morgan fingerprint density at radius 2 is 2.00 bits per heavy atom. The fourth-order valence-electron chi connectivity index (χ4n) is 3.84. The summed E-state index contributed by atoms with van der Waals surface area (Å²) in [7, 11) is 0. The topological polar surface area (TPSA) is 95.2 Å². The number of benzene rings is 1. The van der Waals surface area contributed by atoms with Crippen LogP contribution >= 0.6 is 0 Å². The van der Waals surface area contributed by atoms with Crippen molar-refractivity contribution in [2.75, 3.05) is 19.7 Å². The van der Waals surface area contributed by atoms with Gasteiger partial charge < -0.3 is 13.7 Å². The van der Waals surface area contributed by atoms with Gasteiger partial charge in [-0.25, -0.2) is 0 Å². The Morgan fingerprint density at radius 1 is 1.13 bits per heavy atom.